The van der Waals surface area contributed by atoms with Gasteiger partial charge in [0.1, 0.15) is 0 Å². The predicted molar refractivity (Wildman–Crippen MR) is 119 cm³/mol. The number of benzene rings is 2. The van der Waals surface area contributed by atoms with Crippen LogP contribution in [-0.4, -0.2) is 51.9 Å². The Labute approximate surface area is 202 Å². The normalized spacial score (nSPS) is 18.3. The van der Waals surface area contributed by atoms with Crippen molar-refractivity contribution in [3.8, 4) is 0 Å². The van der Waals surface area contributed by atoms with Gasteiger partial charge in [0, 0.05) is 36.5 Å². The standard InChI is InChI=1S/C24H22F6N2O2S/c1-15-2-4-16(5-3-15)21(34)32-10-11-35-22(32)6-8-31(9-7-22)20(33)17-12-18(23(25,26)27)14-19(13-17)24(28,29)30/h2-5,12-14H,6-11H2,1H3. The Balaban J connectivity index is 1.53. The summed E-state index contributed by atoms with van der Waals surface area (Å²) in [4.78, 5) is 28.6. The molecule has 0 N–H and O–H groups in total. The fourth-order valence-corrected chi connectivity index (χ4v) is 5.94. The highest BCUT2D eigenvalue weighted by atomic mass is 32.2. The number of thioether (sulfide) groups is 1. The van der Waals surface area contributed by atoms with Crippen molar-refractivity contribution in [2.75, 3.05) is 25.4 Å². The zero-order chi connectivity index (χ0) is 25.6. The number of likely N-dealkylation sites (tertiary alicyclic amines) is 1. The second-order valence-corrected chi connectivity index (χ2v) is 10.2. The number of amides is 2. The molecule has 2 aliphatic heterocycles. The van der Waals surface area contributed by atoms with Crippen LogP contribution in [0.25, 0.3) is 0 Å². The summed E-state index contributed by atoms with van der Waals surface area (Å²) < 4.78 is 79.1. The highest BCUT2D eigenvalue weighted by Crippen LogP contribution is 2.45. The fourth-order valence-electron chi connectivity index (χ4n) is 4.48. The summed E-state index contributed by atoms with van der Waals surface area (Å²) in [6.45, 7) is 2.66. The van der Waals surface area contributed by atoms with E-state index in [1.807, 2.05) is 19.1 Å². The lowest BCUT2D eigenvalue weighted by atomic mass is 9.98. The van der Waals surface area contributed by atoms with Crippen molar-refractivity contribution in [3.63, 3.8) is 0 Å². The molecule has 0 radical (unpaired) electrons. The van der Waals surface area contributed by atoms with Crippen LogP contribution in [0.3, 0.4) is 0 Å². The van der Waals surface area contributed by atoms with E-state index in [1.54, 1.807) is 28.8 Å². The maximum Gasteiger partial charge on any atom is 0.416 e. The van der Waals surface area contributed by atoms with Crippen LogP contribution in [-0.2, 0) is 12.4 Å². The van der Waals surface area contributed by atoms with Gasteiger partial charge in [-0.1, -0.05) is 17.7 Å². The van der Waals surface area contributed by atoms with E-state index in [9.17, 15) is 35.9 Å². The van der Waals surface area contributed by atoms with Crippen LogP contribution < -0.4 is 0 Å². The van der Waals surface area contributed by atoms with Gasteiger partial charge in [0.2, 0.25) is 0 Å². The first-order valence-corrected chi connectivity index (χ1v) is 11.9. The lowest BCUT2D eigenvalue weighted by molar-refractivity contribution is -0.143. The van der Waals surface area contributed by atoms with Crippen LogP contribution in [0.5, 0.6) is 0 Å². The first-order chi connectivity index (χ1) is 16.3. The third kappa shape index (κ3) is 5.14. The lowest BCUT2D eigenvalue weighted by Gasteiger charge is -2.44. The van der Waals surface area contributed by atoms with Gasteiger partial charge >= 0.3 is 12.4 Å². The number of piperidine rings is 1. The summed E-state index contributed by atoms with van der Waals surface area (Å²) >= 11 is 1.59. The number of nitrogens with zero attached hydrogens (tertiary/aromatic N) is 2. The maximum absolute atomic E-state index is 13.2. The Morgan fingerprint density at radius 1 is 0.800 bits per heavy atom. The third-order valence-corrected chi connectivity index (χ3v) is 7.94. The Morgan fingerprint density at radius 2 is 1.34 bits per heavy atom. The van der Waals surface area contributed by atoms with Crippen molar-refractivity contribution in [2.24, 2.45) is 0 Å². The molecule has 2 fully saturated rings. The second-order valence-electron chi connectivity index (χ2n) is 8.70. The van der Waals surface area contributed by atoms with E-state index in [0.29, 0.717) is 42.8 Å². The third-order valence-electron chi connectivity index (χ3n) is 6.39. The van der Waals surface area contributed by atoms with Crippen LogP contribution >= 0.6 is 11.8 Å². The van der Waals surface area contributed by atoms with Gasteiger partial charge < -0.3 is 9.80 Å². The van der Waals surface area contributed by atoms with Crippen molar-refractivity contribution < 1.29 is 35.9 Å². The van der Waals surface area contributed by atoms with Crippen molar-refractivity contribution in [1.29, 1.82) is 0 Å². The zero-order valence-electron chi connectivity index (χ0n) is 18.7. The van der Waals surface area contributed by atoms with Crippen molar-refractivity contribution in [1.82, 2.24) is 9.80 Å². The largest absolute Gasteiger partial charge is 0.416 e. The lowest BCUT2D eigenvalue weighted by Crippen LogP contribution is -2.53. The Morgan fingerprint density at radius 3 is 1.86 bits per heavy atom. The number of aryl methyl sites for hydroxylation is 1. The van der Waals surface area contributed by atoms with Gasteiger partial charge in [-0.3, -0.25) is 9.59 Å². The highest BCUT2D eigenvalue weighted by molar-refractivity contribution is 8.00. The van der Waals surface area contributed by atoms with Crippen LogP contribution in [0.1, 0.15) is 50.2 Å². The summed E-state index contributed by atoms with van der Waals surface area (Å²) in [5, 5.41) is 0. The van der Waals surface area contributed by atoms with Gasteiger partial charge in [0.15, 0.2) is 0 Å². The quantitative estimate of drug-likeness (QED) is 0.470. The van der Waals surface area contributed by atoms with Crippen molar-refractivity contribution in [2.45, 2.75) is 37.0 Å². The van der Waals surface area contributed by atoms with E-state index in [0.717, 1.165) is 5.56 Å². The Bertz CT molecular complexity index is 1090. The van der Waals surface area contributed by atoms with E-state index in [-0.39, 0.29) is 25.1 Å². The average molecular weight is 517 g/mol. The van der Waals surface area contributed by atoms with E-state index < -0.39 is 39.8 Å². The van der Waals surface area contributed by atoms with Gasteiger partial charge in [-0.05, 0) is 50.1 Å². The molecule has 2 saturated heterocycles. The number of rotatable bonds is 2. The molecule has 0 bridgehead atoms. The predicted octanol–water partition coefficient (Wildman–Crippen LogP) is 5.85. The molecule has 0 aliphatic carbocycles. The highest BCUT2D eigenvalue weighted by Gasteiger charge is 2.47. The molecule has 4 rings (SSSR count). The molecule has 2 heterocycles. The number of hydrogen-bond acceptors (Lipinski definition) is 3. The van der Waals surface area contributed by atoms with Crippen molar-refractivity contribution in [3.05, 3.63) is 70.3 Å². The summed E-state index contributed by atoms with van der Waals surface area (Å²) in [6, 6.07) is 8.10. The maximum atomic E-state index is 13.2. The molecule has 0 atom stereocenters. The molecule has 2 aromatic rings. The smallest absolute Gasteiger partial charge is 0.338 e. The molecule has 0 saturated carbocycles. The summed E-state index contributed by atoms with van der Waals surface area (Å²) in [5.74, 6) is -0.327. The van der Waals surface area contributed by atoms with Crippen LogP contribution in [0.4, 0.5) is 26.3 Å². The molecule has 1 spiro atoms. The molecule has 188 valence electrons. The topological polar surface area (TPSA) is 40.6 Å². The molecule has 4 nitrogen and oxygen atoms in total. The Kier molecular flexibility index (Phi) is 6.58. The molecular formula is C24H22F6N2O2S. The number of carbonyl (C=O) groups is 2. The summed E-state index contributed by atoms with van der Waals surface area (Å²) in [5.41, 5.74) is -2.15. The van der Waals surface area contributed by atoms with Crippen LogP contribution in [0, 0.1) is 6.92 Å². The molecular weight excluding hydrogens is 494 g/mol. The van der Waals surface area contributed by atoms with Gasteiger partial charge in [0.05, 0.1) is 16.0 Å². The Hall–Kier alpha value is -2.69. The molecule has 2 aromatic carbocycles. The van der Waals surface area contributed by atoms with Gasteiger partial charge in [-0.25, -0.2) is 0 Å². The van der Waals surface area contributed by atoms with E-state index in [1.165, 1.54) is 4.90 Å². The number of carbonyl (C=O) groups excluding carboxylic acids is 2. The minimum absolute atomic E-state index is 0.00566. The zero-order valence-corrected chi connectivity index (χ0v) is 19.5. The molecule has 35 heavy (non-hydrogen) atoms. The van der Waals surface area contributed by atoms with Gasteiger partial charge in [0.25, 0.3) is 11.8 Å². The SMILES string of the molecule is Cc1ccc(C(=O)N2CCSC23CCN(C(=O)c2cc(C(F)(F)F)cc(C(F)(F)F)c2)CC3)cc1. The van der Waals surface area contributed by atoms with Crippen molar-refractivity contribution >= 4 is 23.6 Å². The first-order valence-electron chi connectivity index (χ1n) is 10.9. The molecule has 11 heteroatoms. The number of alkyl halides is 6. The van der Waals surface area contributed by atoms with E-state index in [2.05, 4.69) is 0 Å². The summed E-state index contributed by atoms with van der Waals surface area (Å²) in [6.07, 6.45) is -9.32. The number of hydrogen-bond donors (Lipinski definition) is 0. The summed E-state index contributed by atoms with van der Waals surface area (Å²) in [7, 11) is 0. The minimum atomic E-state index is -5.03. The monoisotopic (exact) mass is 516 g/mol. The van der Waals surface area contributed by atoms with Gasteiger partial charge in [-0.15, -0.1) is 11.8 Å². The van der Waals surface area contributed by atoms with Gasteiger partial charge in [-0.2, -0.15) is 26.3 Å². The van der Waals surface area contributed by atoms with Crippen LogP contribution in [0.2, 0.25) is 0 Å². The van der Waals surface area contributed by atoms with E-state index in [4.69, 9.17) is 0 Å². The van der Waals surface area contributed by atoms with Crippen LogP contribution in [0.15, 0.2) is 42.5 Å². The van der Waals surface area contributed by atoms with E-state index >= 15 is 0 Å². The molecule has 2 amide bonds. The minimum Gasteiger partial charge on any atom is -0.338 e. The number of halogens is 6. The first kappa shape index (κ1) is 25.4. The molecule has 0 unspecified atom stereocenters. The molecule has 2 aliphatic rings. The molecule has 0 aromatic heterocycles. The fraction of sp³-hybridized carbons (Fsp3) is 0.417. The average Bonchev–Trinajstić information content (AvgIpc) is 3.20. The second kappa shape index (κ2) is 9.07.